The van der Waals surface area contributed by atoms with Crippen molar-refractivity contribution in [1.29, 1.82) is 0 Å². The molecule has 0 aromatic heterocycles. The van der Waals surface area contributed by atoms with Gasteiger partial charge in [-0.25, -0.2) is 0 Å². The van der Waals surface area contributed by atoms with Crippen LogP contribution in [0.2, 0.25) is 5.02 Å². The third-order valence-corrected chi connectivity index (χ3v) is 2.41. The molecule has 1 aromatic carbocycles. The van der Waals surface area contributed by atoms with Crippen LogP contribution < -0.4 is 9.47 Å². The van der Waals surface area contributed by atoms with E-state index in [1.165, 1.54) is 0 Å². The quantitative estimate of drug-likeness (QED) is 0.586. The summed E-state index contributed by atoms with van der Waals surface area (Å²) < 4.78 is 10.2. The van der Waals surface area contributed by atoms with Crippen molar-refractivity contribution < 1.29 is 14.3 Å². The zero-order valence-electron chi connectivity index (χ0n) is 9.46. The summed E-state index contributed by atoms with van der Waals surface area (Å²) in [6.45, 7) is 2.02. The lowest BCUT2D eigenvalue weighted by Crippen LogP contribution is -2.07. The first-order valence-corrected chi connectivity index (χ1v) is 5.59. The summed E-state index contributed by atoms with van der Waals surface area (Å²) in [5.41, 5.74) is 0. The van der Waals surface area contributed by atoms with Crippen molar-refractivity contribution in [3.05, 3.63) is 23.2 Å². The van der Waals surface area contributed by atoms with Gasteiger partial charge < -0.3 is 9.47 Å². The highest BCUT2D eigenvalue weighted by Gasteiger charge is 2.09. The van der Waals surface area contributed by atoms with Crippen molar-refractivity contribution in [2.75, 3.05) is 7.11 Å². The second-order valence-electron chi connectivity index (χ2n) is 3.37. The molecule has 0 amide bonds. The van der Waals surface area contributed by atoms with Crippen LogP contribution in [-0.4, -0.2) is 13.1 Å². The Hall–Kier alpha value is -1.22. The summed E-state index contributed by atoms with van der Waals surface area (Å²) in [5.74, 6) is 0.696. The molecular formula is C12H15ClO3. The molecule has 0 bridgehead atoms. The average Bonchev–Trinajstić information content (AvgIpc) is 2.29. The summed E-state index contributed by atoms with van der Waals surface area (Å²) in [4.78, 5) is 11.4. The third kappa shape index (κ3) is 3.74. The minimum Gasteiger partial charge on any atom is -0.497 e. The molecule has 0 spiro atoms. The highest BCUT2D eigenvalue weighted by atomic mass is 35.5. The smallest absolute Gasteiger partial charge is 0.311 e. The number of benzene rings is 1. The summed E-state index contributed by atoms with van der Waals surface area (Å²) in [6.07, 6.45) is 2.19. The standard InChI is InChI=1S/C12H15ClO3/c1-3-4-5-12(14)16-11-8-9(15-2)6-7-10(11)13/h6-8H,3-5H2,1-2H3. The van der Waals surface area contributed by atoms with Crippen LogP contribution in [-0.2, 0) is 4.79 Å². The molecule has 88 valence electrons. The van der Waals surface area contributed by atoms with Crippen molar-refractivity contribution in [2.45, 2.75) is 26.2 Å². The van der Waals surface area contributed by atoms with Gasteiger partial charge >= 0.3 is 5.97 Å². The SMILES string of the molecule is CCCCC(=O)Oc1cc(OC)ccc1Cl. The predicted molar refractivity (Wildman–Crippen MR) is 63.2 cm³/mol. The maximum Gasteiger partial charge on any atom is 0.311 e. The van der Waals surface area contributed by atoms with E-state index in [-0.39, 0.29) is 5.97 Å². The zero-order chi connectivity index (χ0) is 12.0. The fourth-order valence-electron chi connectivity index (χ4n) is 1.18. The molecule has 0 aliphatic heterocycles. The van der Waals surface area contributed by atoms with Crippen LogP contribution in [0.15, 0.2) is 18.2 Å². The Morgan fingerprint density at radius 1 is 1.44 bits per heavy atom. The van der Waals surface area contributed by atoms with Crippen LogP contribution in [0.5, 0.6) is 11.5 Å². The molecule has 1 rings (SSSR count). The Morgan fingerprint density at radius 2 is 2.19 bits per heavy atom. The molecule has 0 aliphatic rings. The largest absolute Gasteiger partial charge is 0.497 e. The van der Waals surface area contributed by atoms with E-state index in [0.717, 1.165) is 12.8 Å². The average molecular weight is 243 g/mol. The molecule has 0 saturated heterocycles. The molecule has 0 heterocycles. The van der Waals surface area contributed by atoms with Gasteiger partial charge in [-0.2, -0.15) is 0 Å². The summed E-state index contributed by atoms with van der Waals surface area (Å²) >= 11 is 5.90. The zero-order valence-corrected chi connectivity index (χ0v) is 10.2. The van der Waals surface area contributed by atoms with Gasteiger partial charge in [0.2, 0.25) is 0 Å². The van der Waals surface area contributed by atoms with E-state index in [9.17, 15) is 4.79 Å². The Labute approximate surface area is 100 Å². The van der Waals surface area contributed by atoms with Gasteiger partial charge in [0.1, 0.15) is 5.75 Å². The van der Waals surface area contributed by atoms with Crippen LogP contribution in [0.4, 0.5) is 0 Å². The van der Waals surface area contributed by atoms with Crippen molar-refractivity contribution in [2.24, 2.45) is 0 Å². The first-order chi connectivity index (χ1) is 7.67. The number of unbranched alkanes of at least 4 members (excludes halogenated alkanes) is 1. The van der Waals surface area contributed by atoms with Gasteiger partial charge in [-0.15, -0.1) is 0 Å². The minimum absolute atomic E-state index is 0.267. The summed E-state index contributed by atoms with van der Waals surface area (Å²) in [5, 5.41) is 0.408. The van der Waals surface area contributed by atoms with Gasteiger partial charge in [0.15, 0.2) is 5.75 Å². The second-order valence-corrected chi connectivity index (χ2v) is 3.78. The Bertz CT molecular complexity index is 363. The Kier molecular flexibility index (Phi) is 5.12. The van der Waals surface area contributed by atoms with E-state index >= 15 is 0 Å². The lowest BCUT2D eigenvalue weighted by Gasteiger charge is -2.07. The molecule has 0 atom stereocenters. The van der Waals surface area contributed by atoms with E-state index in [0.29, 0.717) is 22.9 Å². The number of ether oxygens (including phenoxy) is 2. The maximum absolute atomic E-state index is 11.4. The van der Waals surface area contributed by atoms with Crippen LogP contribution >= 0.6 is 11.6 Å². The number of carbonyl (C=O) groups excluding carboxylic acids is 1. The summed E-state index contributed by atoms with van der Waals surface area (Å²) in [7, 11) is 1.55. The number of methoxy groups -OCH3 is 1. The fourth-order valence-corrected chi connectivity index (χ4v) is 1.34. The first kappa shape index (κ1) is 12.8. The molecule has 0 saturated carbocycles. The molecule has 16 heavy (non-hydrogen) atoms. The number of carbonyl (C=O) groups is 1. The molecule has 0 radical (unpaired) electrons. The third-order valence-electron chi connectivity index (χ3n) is 2.10. The van der Waals surface area contributed by atoms with E-state index in [4.69, 9.17) is 21.1 Å². The molecule has 4 heteroatoms. The van der Waals surface area contributed by atoms with E-state index in [2.05, 4.69) is 0 Å². The molecule has 1 aromatic rings. The Balaban J connectivity index is 2.68. The molecule has 0 N–H and O–H groups in total. The van der Waals surface area contributed by atoms with Crippen molar-refractivity contribution in [3.63, 3.8) is 0 Å². The molecule has 3 nitrogen and oxygen atoms in total. The van der Waals surface area contributed by atoms with Crippen LogP contribution in [0, 0.1) is 0 Å². The predicted octanol–water partition coefficient (Wildman–Crippen LogP) is 3.44. The molecular weight excluding hydrogens is 228 g/mol. The van der Waals surface area contributed by atoms with E-state index in [1.54, 1.807) is 25.3 Å². The highest BCUT2D eigenvalue weighted by Crippen LogP contribution is 2.29. The maximum atomic E-state index is 11.4. The van der Waals surface area contributed by atoms with Gasteiger partial charge in [0.05, 0.1) is 12.1 Å². The topological polar surface area (TPSA) is 35.5 Å². The lowest BCUT2D eigenvalue weighted by molar-refractivity contribution is -0.134. The molecule has 0 unspecified atom stereocenters. The van der Waals surface area contributed by atoms with E-state index in [1.807, 2.05) is 6.92 Å². The second kappa shape index (κ2) is 6.38. The number of hydrogen-bond donors (Lipinski definition) is 0. The molecule has 0 aliphatic carbocycles. The van der Waals surface area contributed by atoms with Crippen LogP contribution in [0.25, 0.3) is 0 Å². The normalized spacial score (nSPS) is 9.94. The molecule has 0 fully saturated rings. The van der Waals surface area contributed by atoms with Crippen molar-refractivity contribution in [1.82, 2.24) is 0 Å². The number of rotatable bonds is 5. The van der Waals surface area contributed by atoms with Gasteiger partial charge in [-0.1, -0.05) is 24.9 Å². The van der Waals surface area contributed by atoms with E-state index < -0.39 is 0 Å². The van der Waals surface area contributed by atoms with Gasteiger partial charge in [-0.3, -0.25) is 4.79 Å². The van der Waals surface area contributed by atoms with Crippen LogP contribution in [0.3, 0.4) is 0 Å². The number of esters is 1. The van der Waals surface area contributed by atoms with Gasteiger partial charge in [-0.05, 0) is 18.6 Å². The van der Waals surface area contributed by atoms with Gasteiger partial charge in [0, 0.05) is 12.5 Å². The Morgan fingerprint density at radius 3 is 2.81 bits per heavy atom. The first-order valence-electron chi connectivity index (χ1n) is 5.21. The lowest BCUT2D eigenvalue weighted by atomic mass is 10.2. The highest BCUT2D eigenvalue weighted by molar-refractivity contribution is 6.32. The van der Waals surface area contributed by atoms with Gasteiger partial charge in [0.25, 0.3) is 0 Å². The van der Waals surface area contributed by atoms with Crippen molar-refractivity contribution >= 4 is 17.6 Å². The number of halogens is 1. The minimum atomic E-state index is -0.267. The van der Waals surface area contributed by atoms with Crippen LogP contribution in [0.1, 0.15) is 26.2 Å². The van der Waals surface area contributed by atoms with Crippen molar-refractivity contribution in [3.8, 4) is 11.5 Å². The summed E-state index contributed by atoms with van der Waals surface area (Å²) in [6, 6.07) is 4.96. The fraction of sp³-hybridized carbons (Fsp3) is 0.417. The monoisotopic (exact) mass is 242 g/mol. The number of hydrogen-bond acceptors (Lipinski definition) is 3.